The molecule has 4 N–H and O–H groups in total. The molecule has 3 saturated heterocycles. The third-order valence-corrected chi connectivity index (χ3v) is 16.2. The number of aryl methyl sites for hydroxylation is 1. The molecule has 0 bridgehead atoms. The number of halogens is 3. The summed E-state index contributed by atoms with van der Waals surface area (Å²) >= 11 is 6.78. The Hall–Kier alpha value is -6.14. The maximum Gasteiger partial charge on any atom is 0.329 e. The summed E-state index contributed by atoms with van der Waals surface area (Å²) in [6.45, 7) is 6.49. The fourth-order valence-corrected chi connectivity index (χ4v) is 12.1. The van der Waals surface area contributed by atoms with Gasteiger partial charge in [-0.15, -0.1) is 0 Å². The highest BCUT2D eigenvalue weighted by atomic mass is 35.5. The predicted molar refractivity (Wildman–Crippen MR) is 268 cm³/mol. The van der Waals surface area contributed by atoms with Gasteiger partial charge in [0.15, 0.2) is 23.0 Å². The number of piperidine rings is 1. The van der Waals surface area contributed by atoms with Crippen LogP contribution in [0.3, 0.4) is 0 Å². The highest BCUT2D eigenvalue weighted by molar-refractivity contribution is 6.34. The monoisotopic (exact) mass is 1010 g/mol. The lowest BCUT2D eigenvalue weighted by Gasteiger charge is -2.45. The lowest BCUT2D eigenvalue weighted by molar-refractivity contribution is -0.143. The number of anilines is 1. The first-order chi connectivity index (χ1) is 34.8. The Balaban J connectivity index is 0.743. The van der Waals surface area contributed by atoms with E-state index < -0.39 is 35.1 Å². The summed E-state index contributed by atoms with van der Waals surface area (Å²) in [6.07, 6.45) is 5.39. The van der Waals surface area contributed by atoms with Crippen LogP contribution in [-0.2, 0) is 22.2 Å². The molecule has 0 radical (unpaired) electrons. The van der Waals surface area contributed by atoms with E-state index in [4.69, 9.17) is 21.1 Å². The number of carbonyl (C=O) groups excluding carboxylic acids is 4. The van der Waals surface area contributed by atoms with Crippen LogP contribution in [-0.4, -0.2) is 121 Å². The molecule has 4 aromatic carbocycles. The summed E-state index contributed by atoms with van der Waals surface area (Å²) in [5.41, 5.74) is 2.11. The highest BCUT2D eigenvalue weighted by Crippen LogP contribution is 2.56. The fourth-order valence-electron chi connectivity index (χ4n) is 11.9. The summed E-state index contributed by atoms with van der Waals surface area (Å²) in [5.74, 6) is -1.58. The van der Waals surface area contributed by atoms with Crippen LogP contribution in [0.5, 0.6) is 11.5 Å². The summed E-state index contributed by atoms with van der Waals surface area (Å²) < 4.78 is 46.7. The van der Waals surface area contributed by atoms with Crippen molar-refractivity contribution in [1.29, 1.82) is 0 Å². The van der Waals surface area contributed by atoms with E-state index >= 15 is 8.78 Å². The van der Waals surface area contributed by atoms with Gasteiger partial charge < -0.3 is 35.0 Å². The van der Waals surface area contributed by atoms with Gasteiger partial charge in [-0.05, 0) is 92.9 Å². The molecule has 1 saturated carbocycles. The Morgan fingerprint density at radius 2 is 1.72 bits per heavy atom. The van der Waals surface area contributed by atoms with Crippen LogP contribution in [0.25, 0.3) is 22.0 Å². The molecule has 18 heteroatoms. The van der Waals surface area contributed by atoms with Crippen molar-refractivity contribution in [1.82, 2.24) is 35.5 Å². The molecule has 380 valence electrons. The van der Waals surface area contributed by atoms with Crippen molar-refractivity contribution < 1.29 is 42.5 Å². The summed E-state index contributed by atoms with van der Waals surface area (Å²) in [7, 11) is 3.30. The Bertz CT molecular complexity index is 2900. The smallest absolute Gasteiger partial charge is 0.329 e. The normalized spacial score (nSPS) is 22.9. The number of ether oxygens (including phenoxy) is 2. The Kier molecular flexibility index (Phi) is 14.0. The van der Waals surface area contributed by atoms with Crippen molar-refractivity contribution >= 4 is 52.1 Å². The van der Waals surface area contributed by atoms with Crippen molar-refractivity contribution in [3.05, 3.63) is 106 Å². The fraction of sp³-hybridized carbons (Fsp3) is 0.463. The molecule has 5 aromatic rings. The van der Waals surface area contributed by atoms with E-state index in [2.05, 4.69) is 38.1 Å². The van der Waals surface area contributed by atoms with E-state index in [9.17, 15) is 24.3 Å². The number of hydrogen-bond acceptors (Lipinski definition) is 10. The summed E-state index contributed by atoms with van der Waals surface area (Å²) in [6, 6.07) is 19.6. The van der Waals surface area contributed by atoms with Crippen molar-refractivity contribution in [3.8, 4) is 22.6 Å². The number of nitrogens with zero attached hydrogens (tertiary/aromatic N) is 5. The number of urea groups is 1. The standard InChI is InChI=1S/C54H61ClF2N8O7/c1-31-45-43(26-40(56)48(55)47(45)46-39(51(68)58-2)15-16-42(49(46)57)71-24-23-66)72-54(31,36-7-5-4-6-8-36)30-59-37-12-9-34(10-13-37)52(69)64-28-32(29-64)27-63-20-17-33(18-21-63)35-11-14-38-41(25-35)62(3)61-50(38)65-22-19-44(67)60-53(65)70/h4-8,11,14-16,25-26,31-34,37,59,66H,9-10,12-13,17-24,27-30H2,1-3H3,(H,58,68)(H,60,67,70). The minimum Gasteiger partial charge on any atom is -0.488 e. The predicted octanol–water partition coefficient (Wildman–Crippen LogP) is 7.23. The van der Waals surface area contributed by atoms with Gasteiger partial charge >= 0.3 is 6.03 Å². The number of nitrogens with one attached hydrogen (secondary N) is 3. The van der Waals surface area contributed by atoms with Gasteiger partial charge in [-0.25, -0.2) is 13.6 Å². The maximum absolute atomic E-state index is 16.6. The van der Waals surface area contributed by atoms with E-state index in [0.717, 1.165) is 87.7 Å². The third-order valence-electron chi connectivity index (χ3n) is 15.8. The molecule has 2 unspecified atom stereocenters. The first-order valence-corrected chi connectivity index (χ1v) is 25.5. The van der Waals surface area contributed by atoms with Gasteiger partial charge in [0.05, 0.1) is 22.7 Å². The van der Waals surface area contributed by atoms with Gasteiger partial charge in [0.2, 0.25) is 11.8 Å². The van der Waals surface area contributed by atoms with Crippen molar-refractivity contribution in [3.63, 3.8) is 0 Å². The molecule has 5 aliphatic rings. The van der Waals surface area contributed by atoms with Gasteiger partial charge in [-0.3, -0.25) is 29.3 Å². The average Bonchev–Trinajstić information content (AvgIpc) is 3.86. The van der Waals surface area contributed by atoms with Crippen LogP contribution < -0.4 is 30.3 Å². The first-order valence-electron chi connectivity index (χ1n) is 25.2. The molecule has 1 aromatic heterocycles. The number of likely N-dealkylation sites (tertiary alicyclic amines) is 2. The van der Waals surface area contributed by atoms with Crippen LogP contribution in [0.2, 0.25) is 5.02 Å². The topological polar surface area (TPSA) is 171 Å². The molecule has 5 amide bonds. The molecular weight excluding hydrogens is 946 g/mol. The lowest BCUT2D eigenvalue weighted by Crippen LogP contribution is -2.56. The van der Waals surface area contributed by atoms with Crippen LogP contribution in [0.1, 0.15) is 90.8 Å². The molecule has 0 spiro atoms. The van der Waals surface area contributed by atoms with Crippen LogP contribution in [0.4, 0.5) is 19.4 Å². The highest BCUT2D eigenvalue weighted by Gasteiger charge is 2.50. The van der Waals surface area contributed by atoms with E-state index in [-0.39, 0.29) is 76.6 Å². The number of benzene rings is 4. The zero-order valence-corrected chi connectivity index (χ0v) is 41.6. The van der Waals surface area contributed by atoms with Gasteiger partial charge in [-0.1, -0.05) is 54.9 Å². The first kappa shape index (κ1) is 49.4. The number of rotatable bonds is 14. The largest absolute Gasteiger partial charge is 0.488 e. The zero-order valence-electron chi connectivity index (χ0n) is 40.8. The molecule has 4 aliphatic heterocycles. The number of amides is 5. The second kappa shape index (κ2) is 20.4. The van der Waals surface area contributed by atoms with E-state index in [1.807, 2.05) is 60.0 Å². The van der Waals surface area contributed by atoms with Crippen molar-refractivity contribution in [2.24, 2.45) is 18.9 Å². The molecule has 2 atom stereocenters. The average molecular weight is 1010 g/mol. The number of imide groups is 1. The van der Waals surface area contributed by atoms with E-state index in [0.29, 0.717) is 36.3 Å². The van der Waals surface area contributed by atoms with E-state index in [1.165, 1.54) is 35.7 Å². The third kappa shape index (κ3) is 9.17. The SMILES string of the molecule is CNC(=O)c1ccc(OCCO)c(F)c1-c1c(Cl)c(F)cc2c1C(C)C(CNC1CCC(C(=O)N3CC(CN4CCC(c5ccc6c(N7CCC(=O)NC7=O)nn(C)c6c5)CC4)C3)CC1)(c1ccccc1)O2. The van der Waals surface area contributed by atoms with Crippen LogP contribution in [0.15, 0.2) is 66.7 Å². The molecule has 1 aliphatic carbocycles. The Morgan fingerprint density at radius 3 is 2.43 bits per heavy atom. The van der Waals surface area contributed by atoms with Crippen molar-refractivity contribution in [2.75, 3.05) is 71.0 Å². The molecule has 10 rings (SSSR count). The van der Waals surface area contributed by atoms with Crippen molar-refractivity contribution in [2.45, 2.75) is 75.3 Å². The summed E-state index contributed by atoms with van der Waals surface area (Å²) in [5, 5.41) is 23.3. The van der Waals surface area contributed by atoms with Crippen LogP contribution >= 0.6 is 11.6 Å². The van der Waals surface area contributed by atoms with E-state index in [1.54, 1.807) is 0 Å². The number of hydrogen-bond donors (Lipinski definition) is 4. The molecule has 15 nitrogen and oxygen atoms in total. The minimum atomic E-state index is -1.09. The second-order valence-electron chi connectivity index (χ2n) is 20.1. The number of aliphatic hydroxyl groups is 1. The summed E-state index contributed by atoms with van der Waals surface area (Å²) in [4.78, 5) is 57.5. The molecule has 72 heavy (non-hydrogen) atoms. The van der Waals surface area contributed by atoms with Gasteiger partial charge in [-0.2, -0.15) is 5.10 Å². The Morgan fingerprint density at radius 1 is 0.972 bits per heavy atom. The lowest BCUT2D eigenvalue weighted by atomic mass is 9.77. The van der Waals surface area contributed by atoms with Gasteiger partial charge in [0.1, 0.15) is 18.2 Å². The number of aliphatic hydroxyl groups excluding tert-OH is 1. The zero-order chi connectivity index (χ0) is 50.4. The minimum absolute atomic E-state index is 0.000951. The Labute approximate surface area is 422 Å². The number of aromatic nitrogens is 2. The van der Waals surface area contributed by atoms with Gasteiger partial charge in [0.25, 0.3) is 5.91 Å². The number of fused-ring (bicyclic) bond motifs is 2. The number of carbonyl (C=O) groups is 4. The molecular formula is C54H61ClF2N8O7. The van der Waals surface area contributed by atoms with Gasteiger partial charge in [0, 0.05) is 105 Å². The van der Waals surface area contributed by atoms with Crippen LogP contribution in [0, 0.1) is 23.5 Å². The molecule has 4 fully saturated rings. The quantitative estimate of drug-likeness (QED) is 0.0891. The second-order valence-corrected chi connectivity index (χ2v) is 20.5. The molecule has 5 heterocycles. The maximum atomic E-state index is 16.6.